The largest absolute Gasteiger partial charge is 0.478 e. The average Bonchev–Trinajstić information content (AvgIpc) is 3.32. The van der Waals surface area contributed by atoms with Crippen LogP contribution in [0.2, 0.25) is 0 Å². The van der Waals surface area contributed by atoms with Gasteiger partial charge in [0, 0.05) is 11.1 Å². The van der Waals surface area contributed by atoms with E-state index in [-0.39, 0.29) is 11.3 Å². The third kappa shape index (κ3) is 1.80. The van der Waals surface area contributed by atoms with Crippen molar-refractivity contribution in [2.45, 2.75) is 5.54 Å². The van der Waals surface area contributed by atoms with Crippen LogP contribution < -0.4 is 17.1 Å². The van der Waals surface area contributed by atoms with Crippen LogP contribution in [0.1, 0.15) is 15.9 Å². The van der Waals surface area contributed by atoms with Crippen molar-refractivity contribution in [1.29, 1.82) is 0 Å². The molecule has 0 fully saturated rings. The number of aromatic nitrogens is 3. The molecule has 9 nitrogen and oxygen atoms in total. The Morgan fingerprint density at radius 3 is 2.25 bits per heavy atom. The normalized spacial score (nSPS) is 18.7. The Hall–Kier alpha value is -4.66. The van der Waals surface area contributed by atoms with Crippen molar-refractivity contribution in [2.24, 2.45) is 5.73 Å². The van der Waals surface area contributed by atoms with Gasteiger partial charge in [0.2, 0.25) is 5.78 Å². The number of carbonyl (C=O) groups excluding carboxylic acids is 1. The molecule has 4 aromatic rings. The summed E-state index contributed by atoms with van der Waals surface area (Å²) in [6, 6.07) is 18.3. The van der Waals surface area contributed by atoms with Crippen LogP contribution in [0.3, 0.4) is 0 Å². The van der Waals surface area contributed by atoms with Crippen LogP contribution in [0, 0.1) is 0 Å². The summed E-state index contributed by atoms with van der Waals surface area (Å²) in [7, 11) is 0. The van der Waals surface area contributed by atoms with Gasteiger partial charge >= 0.3 is 17.3 Å². The molecule has 1 atom stereocenters. The number of Topliss-reactive ketones (excluding diaryl/α,β-unsaturated/α-hetero) is 1. The summed E-state index contributed by atoms with van der Waals surface area (Å²) in [5.74, 6) is -2.57. The monoisotopic (exact) mass is 426 g/mol. The first-order valence-corrected chi connectivity index (χ1v) is 9.74. The van der Waals surface area contributed by atoms with Crippen LogP contribution in [-0.4, -0.2) is 30.8 Å². The Morgan fingerprint density at radius 1 is 0.875 bits per heavy atom. The molecule has 0 amide bonds. The van der Waals surface area contributed by atoms with Crippen LogP contribution in [0.25, 0.3) is 22.3 Å². The SMILES string of the molecule is NC1=C(C(=O)O)C2(C(=O)c3cccc4cccc2c34)n2c(=O)n(-c3ccccc3)c(=O)n21. The quantitative estimate of drug-likeness (QED) is 0.494. The molecule has 1 aliphatic heterocycles. The number of ketones is 1. The Kier molecular flexibility index (Phi) is 3.25. The fraction of sp³-hybridized carbons (Fsp3) is 0.0435. The molecule has 1 aliphatic carbocycles. The Labute approximate surface area is 178 Å². The van der Waals surface area contributed by atoms with E-state index in [1.54, 1.807) is 66.7 Å². The van der Waals surface area contributed by atoms with E-state index >= 15 is 0 Å². The highest BCUT2D eigenvalue weighted by Gasteiger charge is 2.61. The van der Waals surface area contributed by atoms with Gasteiger partial charge < -0.3 is 10.8 Å². The topological polar surface area (TPSA) is 129 Å². The fourth-order valence-electron chi connectivity index (χ4n) is 5.01. The molecule has 0 radical (unpaired) electrons. The van der Waals surface area contributed by atoms with Crippen molar-refractivity contribution in [3.8, 4) is 5.69 Å². The molecular weight excluding hydrogens is 412 g/mol. The lowest BCUT2D eigenvalue weighted by Gasteiger charge is -2.25. The predicted octanol–water partition coefficient (Wildman–Crippen LogP) is 1.12. The first-order valence-electron chi connectivity index (χ1n) is 9.74. The zero-order valence-corrected chi connectivity index (χ0v) is 16.4. The van der Waals surface area contributed by atoms with Gasteiger partial charge in [-0.25, -0.2) is 23.6 Å². The first kappa shape index (κ1) is 18.1. The Bertz CT molecular complexity index is 1670. The van der Waals surface area contributed by atoms with Crippen LogP contribution in [0.15, 0.2) is 81.9 Å². The Morgan fingerprint density at radius 2 is 1.56 bits per heavy atom. The lowest BCUT2D eigenvalue weighted by atomic mass is 9.82. The minimum atomic E-state index is -2.09. The number of hydrogen-bond donors (Lipinski definition) is 2. The highest BCUT2D eigenvalue weighted by atomic mass is 16.4. The van der Waals surface area contributed by atoms with Gasteiger partial charge in [-0.05, 0) is 22.9 Å². The molecule has 3 aromatic carbocycles. The number of carboxylic acid groups (broad SMARTS) is 1. The lowest BCUT2D eigenvalue weighted by molar-refractivity contribution is -0.133. The number of rotatable bonds is 2. The molecule has 1 spiro atoms. The van der Waals surface area contributed by atoms with Gasteiger partial charge in [-0.15, -0.1) is 0 Å². The van der Waals surface area contributed by atoms with E-state index < -0.39 is 40.1 Å². The van der Waals surface area contributed by atoms with Crippen molar-refractivity contribution >= 4 is 28.3 Å². The second-order valence-electron chi connectivity index (χ2n) is 7.67. The van der Waals surface area contributed by atoms with E-state index in [0.29, 0.717) is 16.3 Å². The molecule has 2 aliphatic rings. The summed E-state index contributed by atoms with van der Waals surface area (Å²) in [5, 5.41) is 11.3. The second-order valence-corrected chi connectivity index (χ2v) is 7.67. The van der Waals surface area contributed by atoms with Crippen LogP contribution >= 0.6 is 0 Å². The zero-order valence-electron chi connectivity index (χ0n) is 16.4. The van der Waals surface area contributed by atoms with Gasteiger partial charge in [0.15, 0.2) is 5.54 Å². The predicted molar refractivity (Wildman–Crippen MR) is 115 cm³/mol. The van der Waals surface area contributed by atoms with E-state index in [1.165, 1.54) is 0 Å². The summed E-state index contributed by atoms with van der Waals surface area (Å²) in [5.41, 5.74) is 2.69. The number of para-hydroxylation sites is 1. The summed E-state index contributed by atoms with van der Waals surface area (Å²) in [4.78, 5) is 53.3. The smallest absolute Gasteiger partial charge is 0.358 e. The molecule has 0 saturated carbocycles. The zero-order chi connectivity index (χ0) is 22.4. The molecular formula is C23H14N4O5. The molecule has 3 N–H and O–H groups in total. The maximum atomic E-state index is 13.9. The maximum absolute atomic E-state index is 13.9. The van der Waals surface area contributed by atoms with Gasteiger partial charge in [-0.1, -0.05) is 54.6 Å². The van der Waals surface area contributed by atoms with Crippen LogP contribution in [0.5, 0.6) is 0 Å². The van der Waals surface area contributed by atoms with Crippen molar-refractivity contribution in [3.63, 3.8) is 0 Å². The number of nitrogens with two attached hydrogens (primary N) is 1. The van der Waals surface area contributed by atoms with Gasteiger partial charge in [-0.2, -0.15) is 4.68 Å². The third-order valence-corrected chi connectivity index (χ3v) is 6.20. The van der Waals surface area contributed by atoms with Crippen LogP contribution in [-0.2, 0) is 10.3 Å². The van der Waals surface area contributed by atoms with Crippen molar-refractivity contribution < 1.29 is 14.7 Å². The molecule has 9 heteroatoms. The molecule has 6 rings (SSSR count). The molecule has 0 bridgehead atoms. The number of carbonyl (C=O) groups is 2. The average molecular weight is 426 g/mol. The highest BCUT2D eigenvalue weighted by Crippen LogP contribution is 2.50. The van der Waals surface area contributed by atoms with Crippen LogP contribution in [0.4, 0.5) is 0 Å². The number of benzene rings is 3. The lowest BCUT2D eigenvalue weighted by Crippen LogP contribution is -2.48. The fourth-order valence-corrected chi connectivity index (χ4v) is 5.01. The summed E-state index contributed by atoms with van der Waals surface area (Å²) >= 11 is 0. The van der Waals surface area contributed by atoms with Crippen molar-refractivity contribution in [2.75, 3.05) is 0 Å². The molecule has 2 heterocycles. The summed E-state index contributed by atoms with van der Waals surface area (Å²) in [6.45, 7) is 0. The van der Waals surface area contributed by atoms with Crippen molar-refractivity contribution in [3.05, 3.63) is 104 Å². The van der Waals surface area contributed by atoms with Gasteiger partial charge in [0.25, 0.3) is 0 Å². The minimum Gasteiger partial charge on any atom is -0.478 e. The minimum absolute atomic E-state index is 0.268. The van der Waals surface area contributed by atoms with E-state index in [1.807, 2.05) is 0 Å². The number of carboxylic acids is 1. The summed E-state index contributed by atoms with van der Waals surface area (Å²) in [6.07, 6.45) is 0. The van der Waals surface area contributed by atoms with Gasteiger partial charge in [-0.3, -0.25) is 4.79 Å². The maximum Gasteiger partial charge on any atom is 0.358 e. The van der Waals surface area contributed by atoms with E-state index in [9.17, 15) is 24.3 Å². The molecule has 1 aromatic heterocycles. The van der Waals surface area contributed by atoms with E-state index in [0.717, 1.165) is 13.9 Å². The van der Waals surface area contributed by atoms with Gasteiger partial charge in [0.1, 0.15) is 11.4 Å². The van der Waals surface area contributed by atoms with E-state index in [2.05, 4.69) is 0 Å². The second kappa shape index (κ2) is 5.73. The first-order chi connectivity index (χ1) is 15.4. The highest BCUT2D eigenvalue weighted by molar-refractivity contribution is 6.25. The third-order valence-electron chi connectivity index (χ3n) is 6.20. The standard InChI is InChI=1S/C23H14N4O5/c24-19-17(20(29)30)23(15-11-5-7-12-6-4-10-14(16(12)15)18(23)28)27-22(32)25(21(31)26(19)27)13-8-2-1-3-9-13/h1-11H,24H2,(H,29,30). The molecule has 0 saturated heterocycles. The Balaban J connectivity index is 1.83. The summed E-state index contributed by atoms with van der Waals surface area (Å²) < 4.78 is 2.56. The van der Waals surface area contributed by atoms with Gasteiger partial charge in [0.05, 0.1) is 5.69 Å². The molecule has 156 valence electrons. The van der Waals surface area contributed by atoms with Crippen molar-refractivity contribution in [1.82, 2.24) is 13.9 Å². The number of fused-ring (bicyclic) bond motifs is 3. The molecule has 32 heavy (non-hydrogen) atoms. The number of hydrogen-bond acceptors (Lipinski definition) is 5. The molecule has 1 unspecified atom stereocenters. The number of aliphatic carboxylic acids is 1. The number of nitrogens with zero attached hydrogens (tertiary/aromatic N) is 3. The van der Waals surface area contributed by atoms with E-state index in [4.69, 9.17) is 5.73 Å².